The molecule has 2 heterocycles. The fourth-order valence-corrected chi connectivity index (χ4v) is 2.94. The van der Waals surface area contributed by atoms with Crippen LogP contribution in [-0.4, -0.2) is 29.2 Å². The largest absolute Gasteiger partial charge is 0.361 e. The number of ether oxygens (including phenoxy) is 1. The minimum absolute atomic E-state index is 0.349. The smallest absolute Gasteiger partial charge is 0.180 e. The van der Waals surface area contributed by atoms with Crippen LogP contribution in [0.3, 0.4) is 0 Å². The van der Waals surface area contributed by atoms with E-state index in [2.05, 4.69) is 29.6 Å². The summed E-state index contributed by atoms with van der Waals surface area (Å²) < 4.78 is 7.54. The first-order chi connectivity index (χ1) is 8.87. The Bertz CT molecular complexity index is 580. The molecule has 0 unspecified atom stereocenters. The standard InChI is InChI=1S/C12H17Cl2N3OSi/c1-19(2,3)5-4-18-8-17-7-15-12-11(17)9(13)6-10(14)16-12/h6-7H,4-5,8H2,1-3H3. The first-order valence-electron chi connectivity index (χ1n) is 6.11. The zero-order chi connectivity index (χ0) is 14.0. The van der Waals surface area contributed by atoms with Crippen molar-refractivity contribution < 1.29 is 4.74 Å². The number of halogens is 2. The summed E-state index contributed by atoms with van der Waals surface area (Å²) in [5.41, 5.74) is 1.31. The zero-order valence-electron chi connectivity index (χ0n) is 11.3. The summed E-state index contributed by atoms with van der Waals surface area (Å²) in [5.74, 6) is 0. The van der Waals surface area contributed by atoms with Crippen molar-refractivity contribution in [1.29, 1.82) is 0 Å². The molecular weight excluding hydrogens is 301 g/mol. The van der Waals surface area contributed by atoms with Gasteiger partial charge in [0.05, 0.1) is 11.3 Å². The second-order valence-electron chi connectivity index (χ2n) is 5.66. The highest BCUT2D eigenvalue weighted by Gasteiger charge is 2.13. The van der Waals surface area contributed by atoms with Crippen LogP contribution >= 0.6 is 23.2 Å². The summed E-state index contributed by atoms with van der Waals surface area (Å²) >= 11 is 12.0. The van der Waals surface area contributed by atoms with Crippen molar-refractivity contribution in [3.8, 4) is 0 Å². The molecule has 0 saturated carbocycles. The number of aromatic nitrogens is 3. The first kappa shape index (κ1) is 14.8. The maximum absolute atomic E-state index is 6.16. The van der Waals surface area contributed by atoms with Crippen molar-refractivity contribution in [2.45, 2.75) is 32.4 Å². The molecule has 104 valence electrons. The molecule has 0 N–H and O–H groups in total. The molecule has 0 aliphatic rings. The lowest BCUT2D eigenvalue weighted by molar-refractivity contribution is 0.0898. The van der Waals surface area contributed by atoms with Gasteiger partial charge in [-0.15, -0.1) is 0 Å². The average Bonchev–Trinajstić information content (AvgIpc) is 2.66. The van der Waals surface area contributed by atoms with E-state index in [1.807, 2.05) is 4.57 Å². The van der Waals surface area contributed by atoms with Gasteiger partial charge in [-0.05, 0) is 12.1 Å². The number of hydrogen-bond acceptors (Lipinski definition) is 3. The quantitative estimate of drug-likeness (QED) is 0.474. The van der Waals surface area contributed by atoms with E-state index in [1.54, 1.807) is 12.4 Å². The normalized spacial score (nSPS) is 12.3. The van der Waals surface area contributed by atoms with Crippen LogP contribution < -0.4 is 0 Å². The first-order valence-corrected chi connectivity index (χ1v) is 10.6. The Morgan fingerprint density at radius 1 is 1.32 bits per heavy atom. The van der Waals surface area contributed by atoms with Gasteiger partial charge >= 0.3 is 0 Å². The molecule has 7 heteroatoms. The molecular formula is C12H17Cl2N3OSi. The summed E-state index contributed by atoms with van der Waals surface area (Å²) in [6, 6.07) is 2.75. The molecule has 2 rings (SSSR count). The van der Waals surface area contributed by atoms with Crippen molar-refractivity contribution in [3.63, 3.8) is 0 Å². The van der Waals surface area contributed by atoms with Gasteiger partial charge in [0.1, 0.15) is 17.4 Å². The Kier molecular flexibility index (Phi) is 4.50. The van der Waals surface area contributed by atoms with Crippen molar-refractivity contribution in [1.82, 2.24) is 14.5 Å². The fraction of sp³-hybridized carbons (Fsp3) is 0.500. The van der Waals surface area contributed by atoms with Gasteiger partial charge in [-0.3, -0.25) is 0 Å². The number of nitrogens with zero attached hydrogens (tertiary/aromatic N) is 3. The molecule has 0 atom stereocenters. The lowest BCUT2D eigenvalue weighted by Crippen LogP contribution is -2.21. The summed E-state index contributed by atoms with van der Waals surface area (Å²) in [5, 5.41) is 0.892. The molecule has 0 aromatic carbocycles. The van der Waals surface area contributed by atoms with Crippen LogP contribution in [0.4, 0.5) is 0 Å². The maximum Gasteiger partial charge on any atom is 0.180 e. The molecule has 0 fully saturated rings. The second kappa shape index (κ2) is 5.79. The maximum atomic E-state index is 6.16. The molecule has 2 aromatic heterocycles. The van der Waals surface area contributed by atoms with Crippen molar-refractivity contribution in [2.24, 2.45) is 0 Å². The van der Waals surface area contributed by atoms with Gasteiger partial charge in [0.25, 0.3) is 0 Å². The Hall–Kier alpha value is -0.623. The van der Waals surface area contributed by atoms with Crippen LogP contribution in [0, 0.1) is 0 Å². The van der Waals surface area contributed by atoms with E-state index >= 15 is 0 Å². The lowest BCUT2D eigenvalue weighted by atomic mass is 10.4. The minimum Gasteiger partial charge on any atom is -0.361 e. The SMILES string of the molecule is C[Si](C)(C)CCOCn1cnc2nc(Cl)cc(Cl)c21. The molecule has 4 nitrogen and oxygen atoms in total. The van der Waals surface area contributed by atoms with Crippen LogP contribution in [0.15, 0.2) is 12.4 Å². The second-order valence-corrected chi connectivity index (χ2v) is 12.1. The number of hydrogen-bond donors (Lipinski definition) is 0. The van der Waals surface area contributed by atoms with E-state index < -0.39 is 8.07 Å². The fourth-order valence-electron chi connectivity index (χ4n) is 1.64. The van der Waals surface area contributed by atoms with Crippen LogP contribution in [0.5, 0.6) is 0 Å². The van der Waals surface area contributed by atoms with Gasteiger partial charge in [-0.1, -0.05) is 42.8 Å². The average molecular weight is 318 g/mol. The van der Waals surface area contributed by atoms with Gasteiger partial charge in [-0.25, -0.2) is 9.97 Å². The molecule has 0 amide bonds. The minimum atomic E-state index is -1.06. The van der Waals surface area contributed by atoms with E-state index in [0.29, 0.717) is 22.6 Å². The molecule has 0 spiro atoms. The lowest BCUT2D eigenvalue weighted by Gasteiger charge is -2.15. The van der Waals surface area contributed by atoms with Gasteiger partial charge in [-0.2, -0.15) is 0 Å². The van der Waals surface area contributed by atoms with Crippen molar-refractivity contribution in [3.05, 3.63) is 22.6 Å². The summed E-state index contributed by atoms with van der Waals surface area (Å²) in [6.07, 6.45) is 1.67. The van der Waals surface area contributed by atoms with Crippen LogP contribution in [0.25, 0.3) is 11.2 Å². The Morgan fingerprint density at radius 3 is 2.74 bits per heavy atom. The van der Waals surface area contributed by atoms with E-state index in [9.17, 15) is 0 Å². The zero-order valence-corrected chi connectivity index (χ0v) is 13.8. The molecule has 0 radical (unpaired) electrons. The van der Waals surface area contributed by atoms with Gasteiger partial charge in [0, 0.05) is 14.7 Å². The topological polar surface area (TPSA) is 39.9 Å². The van der Waals surface area contributed by atoms with Gasteiger partial charge in [0.2, 0.25) is 0 Å². The highest BCUT2D eigenvalue weighted by molar-refractivity contribution is 6.76. The van der Waals surface area contributed by atoms with E-state index in [-0.39, 0.29) is 0 Å². The highest BCUT2D eigenvalue weighted by Crippen LogP contribution is 2.24. The summed E-state index contributed by atoms with van der Waals surface area (Å²) in [4.78, 5) is 8.30. The van der Waals surface area contributed by atoms with Gasteiger partial charge in [0.15, 0.2) is 5.65 Å². The third-order valence-corrected chi connectivity index (χ3v) is 4.92. The number of pyridine rings is 1. The van der Waals surface area contributed by atoms with Crippen molar-refractivity contribution in [2.75, 3.05) is 6.61 Å². The molecule has 0 aliphatic heterocycles. The van der Waals surface area contributed by atoms with Crippen LogP contribution in [0.2, 0.25) is 35.9 Å². The van der Waals surface area contributed by atoms with Crippen LogP contribution in [-0.2, 0) is 11.5 Å². The predicted octanol–water partition coefficient (Wildman–Crippen LogP) is 4.05. The molecule has 2 aromatic rings. The Labute approximate surface area is 123 Å². The Morgan fingerprint density at radius 2 is 2.05 bits per heavy atom. The Balaban J connectivity index is 2.06. The highest BCUT2D eigenvalue weighted by atomic mass is 35.5. The number of rotatable bonds is 5. The molecule has 0 saturated heterocycles. The molecule has 19 heavy (non-hydrogen) atoms. The van der Waals surface area contributed by atoms with E-state index in [0.717, 1.165) is 18.2 Å². The summed E-state index contributed by atoms with van der Waals surface area (Å²) in [7, 11) is -1.06. The van der Waals surface area contributed by atoms with Crippen LogP contribution in [0.1, 0.15) is 0 Å². The third-order valence-electron chi connectivity index (χ3n) is 2.73. The van der Waals surface area contributed by atoms with Crippen molar-refractivity contribution >= 4 is 42.4 Å². The third kappa shape index (κ3) is 3.92. The molecule has 0 bridgehead atoms. The number of fused-ring (bicyclic) bond motifs is 1. The number of imidazole rings is 1. The van der Waals surface area contributed by atoms with E-state index in [4.69, 9.17) is 27.9 Å². The van der Waals surface area contributed by atoms with E-state index in [1.165, 1.54) is 0 Å². The summed E-state index contributed by atoms with van der Waals surface area (Å²) in [6.45, 7) is 8.17. The molecule has 0 aliphatic carbocycles. The monoisotopic (exact) mass is 317 g/mol. The van der Waals surface area contributed by atoms with Gasteiger partial charge < -0.3 is 9.30 Å². The predicted molar refractivity (Wildman–Crippen MR) is 81.7 cm³/mol.